The monoisotopic (exact) mass is 424 g/mol. The number of amidine groups is 1. The van der Waals surface area contributed by atoms with Gasteiger partial charge in [0.2, 0.25) is 5.60 Å². The third-order valence-electron chi connectivity index (χ3n) is 6.84. The summed E-state index contributed by atoms with van der Waals surface area (Å²) < 4.78 is 39.0. The van der Waals surface area contributed by atoms with Crippen LogP contribution in [0.1, 0.15) is 39.9 Å². The number of amides is 1. The van der Waals surface area contributed by atoms with Crippen molar-refractivity contribution in [2.24, 2.45) is 4.99 Å². The van der Waals surface area contributed by atoms with E-state index in [1.807, 2.05) is 23.1 Å². The number of ether oxygens (including phenoxy) is 2. The molecular weight excluding hydrogens is 406 g/mol. The zero-order valence-electron chi connectivity index (χ0n) is 16.5. The van der Waals surface area contributed by atoms with E-state index in [2.05, 4.69) is 4.99 Å². The number of halogens is 2. The summed E-state index contributed by atoms with van der Waals surface area (Å²) in [6, 6.07) is 9.89. The molecule has 2 spiro atoms. The van der Waals surface area contributed by atoms with Crippen LogP contribution in [0, 0.1) is 11.6 Å². The van der Waals surface area contributed by atoms with Gasteiger partial charge in [0.05, 0.1) is 5.56 Å². The van der Waals surface area contributed by atoms with Gasteiger partial charge in [0.25, 0.3) is 11.9 Å². The van der Waals surface area contributed by atoms with Crippen molar-refractivity contribution in [1.82, 2.24) is 4.90 Å². The first kappa shape index (κ1) is 18.5. The molecule has 4 aliphatic rings. The Morgan fingerprint density at radius 2 is 1.55 bits per heavy atom. The van der Waals surface area contributed by atoms with Crippen molar-refractivity contribution in [2.45, 2.75) is 36.9 Å². The lowest BCUT2D eigenvalue weighted by atomic mass is 9.84. The molecule has 6 rings (SSSR count). The smallest absolute Gasteiger partial charge is 0.339 e. The molecule has 0 aromatic heterocycles. The molecule has 1 amide bonds. The Hall–Kier alpha value is -3.29. The molecule has 3 aliphatic heterocycles. The number of carbonyl (C=O) groups is 2. The summed E-state index contributed by atoms with van der Waals surface area (Å²) in [5.74, 6) is -2.61. The van der Waals surface area contributed by atoms with E-state index in [9.17, 15) is 18.4 Å². The van der Waals surface area contributed by atoms with Crippen molar-refractivity contribution >= 4 is 17.9 Å². The van der Waals surface area contributed by atoms with Crippen molar-refractivity contribution in [3.63, 3.8) is 0 Å². The first-order valence-corrected chi connectivity index (χ1v) is 10.3. The Bertz CT molecular complexity index is 1150. The van der Waals surface area contributed by atoms with Crippen LogP contribution in [0.4, 0.5) is 8.78 Å². The number of hydrogen-bond donors (Lipinski definition) is 0. The van der Waals surface area contributed by atoms with E-state index < -0.39 is 28.7 Å². The fourth-order valence-electron chi connectivity index (χ4n) is 5.20. The van der Waals surface area contributed by atoms with Gasteiger partial charge in [0.15, 0.2) is 11.6 Å². The van der Waals surface area contributed by atoms with Crippen LogP contribution in [0.2, 0.25) is 0 Å². The highest BCUT2D eigenvalue weighted by molar-refractivity contribution is 6.02. The van der Waals surface area contributed by atoms with Gasteiger partial charge in [-0.05, 0) is 29.3 Å². The van der Waals surface area contributed by atoms with Crippen LogP contribution in [0.15, 0.2) is 41.4 Å². The minimum Gasteiger partial charge on any atom is -0.450 e. The van der Waals surface area contributed by atoms with Gasteiger partial charge < -0.3 is 14.4 Å². The number of likely N-dealkylation sites (tertiary alicyclic amines) is 1. The van der Waals surface area contributed by atoms with Crippen molar-refractivity contribution in [3.8, 4) is 0 Å². The van der Waals surface area contributed by atoms with E-state index in [4.69, 9.17) is 9.47 Å². The fraction of sp³-hybridized carbons (Fsp3) is 0.348. The van der Waals surface area contributed by atoms with Crippen LogP contribution in [-0.2, 0) is 32.7 Å². The van der Waals surface area contributed by atoms with Crippen LogP contribution in [-0.4, -0.2) is 41.5 Å². The molecule has 6 nitrogen and oxygen atoms in total. The summed E-state index contributed by atoms with van der Waals surface area (Å²) in [4.78, 5) is 31.0. The number of nitrogens with zero attached hydrogens (tertiary/aromatic N) is 2. The lowest BCUT2D eigenvalue weighted by Gasteiger charge is -2.39. The Morgan fingerprint density at radius 3 is 2.23 bits per heavy atom. The quantitative estimate of drug-likeness (QED) is 0.609. The molecule has 0 unspecified atom stereocenters. The van der Waals surface area contributed by atoms with Crippen LogP contribution in [0.5, 0.6) is 0 Å². The van der Waals surface area contributed by atoms with E-state index in [1.165, 1.54) is 0 Å². The third-order valence-corrected chi connectivity index (χ3v) is 6.84. The van der Waals surface area contributed by atoms with Gasteiger partial charge in [0.1, 0.15) is 5.60 Å². The second-order valence-corrected chi connectivity index (χ2v) is 8.60. The largest absolute Gasteiger partial charge is 0.450 e. The predicted octanol–water partition coefficient (Wildman–Crippen LogP) is 2.88. The third kappa shape index (κ3) is 2.57. The topological polar surface area (TPSA) is 68.2 Å². The number of esters is 1. The number of benzene rings is 2. The summed E-state index contributed by atoms with van der Waals surface area (Å²) >= 11 is 0. The van der Waals surface area contributed by atoms with Gasteiger partial charge in [-0.3, -0.25) is 4.79 Å². The molecule has 158 valence electrons. The number of fused-ring (bicyclic) bond motifs is 3. The van der Waals surface area contributed by atoms with Gasteiger partial charge in [-0.1, -0.05) is 18.2 Å². The Morgan fingerprint density at radius 1 is 0.903 bits per heavy atom. The molecule has 31 heavy (non-hydrogen) atoms. The molecule has 1 aliphatic carbocycles. The van der Waals surface area contributed by atoms with Crippen molar-refractivity contribution in [1.29, 1.82) is 0 Å². The number of aliphatic imine (C=N–C) groups is 1. The van der Waals surface area contributed by atoms with Crippen LogP contribution in [0.3, 0.4) is 0 Å². The summed E-state index contributed by atoms with van der Waals surface area (Å²) in [5.41, 5.74) is 0.731. The molecule has 2 aromatic carbocycles. The van der Waals surface area contributed by atoms with Gasteiger partial charge in [0, 0.05) is 44.3 Å². The molecule has 2 aromatic rings. The molecular formula is C23H18F2N2O4. The average molecular weight is 424 g/mol. The number of piperidine rings is 1. The zero-order valence-corrected chi connectivity index (χ0v) is 16.5. The molecule has 0 radical (unpaired) electrons. The maximum Gasteiger partial charge on any atom is 0.339 e. The number of carbonyl (C=O) groups excluding carboxylic acids is 2. The average Bonchev–Trinajstić information content (AvgIpc) is 3.36. The van der Waals surface area contributed by atoms with E-state index in [0.717, 1.165) is 17.7 Å². The minimum atomic E-state index is -1.24. The SMILES string of the molecule is O=C1OC2(CCN(C3=NC(=O)C4(Cc5cc(F)c(F)cc5C4)O3)CC2)c2ccccc21. The Balaban J connectivity index is 1.20. The highest BCUT2D eigenvalue weighted by Crippen LogP contribution is 2.45. The molecule has 0 bridgehead atoms. The highest BCUT2D eigenvalue weighted by Gasteiger charge is 2.54. The molecule has 3 heterocycles. The van der Waals surface area contributed by atoms with E-state index >= 15 is 0 Å². The first-order chi connectivity index (χ1) is 14.9. The van der Waals surface area contributed by atoms with Crippen molar-refractivity contribution in [2.75, 3.05) is 13.1 Å². The summed E-state index contributed by atoms with van der Waals surface area (Å²) in [7, 11) is 0. The Kier molecular flexibility index (Phi) is 3.65. The molecule has 1 saturated heterocycles. The molecule has 0 atom stereocenters. The van der Waals surface area contributed by atoms with Crippen LogP contribution < -0.4 is 0 Å². The summed E-state index contributed by atoms with van der Waals surface area (Å²) in [6.07, 6.45) is 1.42. The van der Waals surface area contributed by atoms with E-state index in [1.54, 1.807) is 6.07 Å². The van der Waals surface area contributed by atoms with E-state index in [-0.39, 0.29) is 24.8 Å². The second-order valence-electron chi connectivity index (χ2n) is 8.60. The van der Waals surface area contributed by atoms with Crippen LogP contribution >= 0.6 is 0 Å². The summed E-state index contributed by atoms with van der Waals surface area (Å²) in [5, 5.41) is 0. The van der Waals surface area contributed by atoms with Gasteiger partial charge >= 0.3 is 5.97 Å². The van der Waals surface area contributed by atoms with Gasteiger partial charge in [-0.25, -0.2) is 13.6 Å². The Labute approximate surface area is 176 Å². The number of rotatable bonds is 0. The lowest BCUT2D eigenvalue weighted by molar-refractivity contribution is -0.130. The normalized spacial score (nSPS) is 22.4. The molecule has 0 N–H and O–H groups in total. The van der Waals surface area contributed by atoms with Crippen molar-refractivity contribution < 1.29 is 27.8 Å². The van der Waals surface area contributed by atoms with Gasteiger partial charge in [-0.15, -0.1) is 0 Å². The zero-order chi connectivity index (χ0) is 21.4. The molecule has 1 fully saturated rings. The maximum absolute atomic E-state index is 13.6. The molecule has 0 saturated carbocycles. The minimum absolute atomic E-state index is 0.161. The molecule has 8 heteroatoms. The lowest BCUT2D eigenvalue weighted by Crippen LogP contribution is -2.47. The number of hydrogen-bond acceptors (Lipinski definition) is 5. The van der Waals surface area contributed by atoms with Gasteiger partial charge in [-0.2, -0.15) is 4.99 Å². The second kappa shape index (κ2) is 6.12. The first-order valence-electron chi connectivity index (χ1n) is 10.3. The van der Waals surface area contributed by atoms with E-state index in [0.29, 0.717) is 42.6 Å². The standard InChI is InChI=1S/C23H18F2N2O4/c24-17-9-13-11-23(12-14(13)10-18(17)25)20(29)26-21(31-23)27-7-5-22(6-8-27)16-4-2-1-3-15(16)19(28)30-22/h1-4,9-10H,5-8,11-12H2. The fourth-order valence-corrected chi connectivity index (χ4v) is 5.20. The van der Waals surface area contributed by atoms with Crippen LogP contribution in [0.25, 0.3) is 0 Å². The maximum atomic E-state index is 13.6. The predicted molar refractivity (Wildman–Crippen MR) is 104 cm³/mol. The summed E-state index contributed by atoms with van der Waals surface area (Å²) in [6.45, 7) is 1.00. The van der Waals surface area contributed by atoms with Crippen molar-refractivity contribution in [3.05, 3.63) is 70.3 Å². The highest BCUT2D eigenvalue weighted by atomic mass is 19.2.